The number of carbonyl (C=O) groups is 1. The Kier molecular flexibility index (Phi) is 4.57. The van der Waals surface area contributed by atoms with Crippen LogP contribution < -0.4 is 0 Å². The summed E-state index contributed by atoms with van der Waals surface area (Å²) in [7, 11) is 1.34. The van der Waals surface area contributed by atoms with Gasteiger partial charge < -0.3 is 4.74 Å². The Morgan fingerprint density at radius 3 is 2.79 bits per heavy atom. The lowest BCUT2D eigenvalue weighted by molar-refractivity contribution is -0.139. The van der Waals surface area contributed by atoms with Gasteiger partial charge in [0, 0.05) is 6.20 Å². The molecule has 0 aliphatic heterocycles. The Bertz CT molecular complexity index is 933. The van der Waals surface area contributed by atoms with Gasteiger partial charge in [-0.15, -0.1) is 10.2 Å². The molecule has 122 valence electrons. The van der Waals surface area contributed by atoms with Crippen LogP contribution in [0.2, 0.25) is 5.02 Å². The number of esters is 1. The monoisotopic (exact) mass is 342 g/mol. The fraction of sp³-hybridized carbons (Fsp3) is 0.176. The molecule has 0 spiro atoms. The Balaban J connectivity index is 2.10. The predicted molar refractivity (Wildman–Crippen MR) is 91.3 cm³/mol. The van der Waals surface area contributed by atoms with Crippen LogP contribution in [0.5, 0.6) is 0 Å². The fourth-order valence-corrected chi connectivity index (χ4v) is 2.48. The largest absolute Gasteiger partial charge is 0.469 e. The van der Waals surface area contributed by atoms with E-state index in [1.165, 1.54) is 7.11 Å². The topological polar surface area (TPSA) is 68.3 Å². The van der Waals surface area contributed by atoms with Gasteiger partial charge in [-0.05, 0) is 30.7 Å². The highest BCUT2D eigenvalue weighted by Crippen LogP contribution is 2.29. The molecule has 0 fully saturated rings. The summed E-state index contributed by atoms with van der Waals surface area (Å²) in [6, 6.07) is 11.0. The minimum absolute atomic E-state index is 0.0223. The number of methoxy groups -OCH3 is 1. The quantitative estimate of drug-likeness (QED) is 0.520. The van der Waals surface area contributed by atoms with E-state index in [-0.39, 0.29) is 12.4 Å². The summed E-state index contributed by atoms with van der Waals surface area (Å²) in [5, 5.41) is 8.99. The van der Waals surface area contributed by atoms with Gasteiger partial charge >= 0.3 is 5.97 Å². The fourth-order valence-electron chi connectivity index (χ4n) is 2.31. The van der Waals surface area contributed by atoms with Crippen molar-refractivity contribution in [2.24, 2.45) is 10.2 Å². The summed E-state index contributed by atoms with van der Waals surface area (Å²) in [4.78, 5) is 16.2. The number of fused-ring (bicyclic) bond motifs is 1. The molecule has 0 aliphatic carbocycles. The number of rotatable bonds is 4. The van der Waals surface area contributed by atoms with Gasteiger partial charge in [0.1, 0.15) is 11.3 Å². The van der Waals surface area contributed by atoms with Crippen molar-refractivity contribution >= 4 is 34.7 Å². The van der Waals surface area contributed by atoms with E-state index < -0.39 is 0 Å². The van der Waals surface area contributed by atoms with Gasteiger partial charge in [-0.2, -0.15) is 0 Å². The molecule has 1 aromatic carbocycles. The number of imidazole rings is 1. The lowest BCUT2D eigenvalue weighted by atomic mass is 10.3. The molecule has 0 saturated heterocycles. The number of pyridine rings is 1. The average molecular weight is 343 g/mol. The lowest BCUT2D eigenvalue weighted by Crippen LogP contribution is -2.04. The summed E-state index contributed by atoms with van der Waals surface area (Å²) in [5.74, 6) is 0.101. The van der Waals surface area contributed by atoms with Crippen molar-refractivity contribution in [3.05, 3.63) is 58.9 Å². The van der Waals surface area contributed by atoms with Crippen LogP contribution in [0, 0.1) is 6.92 Å². The van der Waals surface area contributed by atoms with Crippen molar-refractivity contribution in [2.45, 2.75) is 13.3 Å². The third-order valence-electron chi connectivity index (χ3n) is 3.53. The maximum Gasteiger partial charge on any atom is 0.311 e. The highest BCUT2D eigenvalue weighted by atomic mass is 35.5. The highest BCUT2D eigenvalue weighted by molar-refractivity contribution is 6.32. The maximum absolute atomic E-state index is 11.7. The standard InChI is InChI=1S/C17H15ClN4O2/c1-11-6-5-9-22-16(11)19-14(10-15(23)24-2)17(22)21-20-13-8-4-3-7-12(13)18/h3-9H,10H2,1-2H3. The van der Waals surface area contributed by atoms with Gasteiger partial charge in [0.15, 0.2) is 5.82 Å². The van der Waals surface area contributed by atoms with Gasteiger partial charge in [-0.1, -0.05) is 29.8 Å². The Morgan fingerprint density at radius 2 is 2.04 bits per heavy atom. The molecule has 6 nitrogen and oxygen atoms in total. The normalized spacial score (nSPS) is 11.3. The average Bonchev–Trinajstić information content (AvgIpc) is 2.93. The van der Waals surface area contributed by atoms with Crippen molar-refractivity contribution in [1.29, 1.82) is 0 Å². The summed E-state index contributed by atoms with van der Waals surface area (Å²) in [6.07, 6.45) is 1.85. The number of azo groups is 1. The van der Waals surface area contributed by atoms with Crippen molar-refractivity contribution in [1.82, 2.24) is 9.38 Å². The second-order valence-electron chi connectivity index (χ2n) is 5.17. The number of hydrogen-bond donors (Lipinski definition) is 0. The Labute approximate surface area is 143 Å². The first kappa shape index (κ1) is 16.1. The number of benzene rings is 1. The maximum atomic E-state index is 11.7. The SMILES string of the molecule is COC(=O)Cc1nc2c(C)cccn2c1N=Nc1ccccc1Cl. The molecule has 0 saturated carbocycles. The molecule has 0 bridgehead atoms. The molecular formula is C17H15ClN4O2. The van der Waals surface area contributed by atoms with Crippen molar-refractivity contribution in [2.75, 3.05) is 7.11 Å². The summed E-state index contributed by atoms with van der Waals surface area (Å²) < 4.78 is 6.54. The molecule has 2 aromatic heterocycles. The lowest BCUT2D eigenvalue weighted by Gasteiger charge is -2.00. The van der Waals surface area contributed by atoms with Gasteiger partial charge in [0.05, 0.1) is 24.2 Å². The minimum atomic E-state index is -0.384. The van der Waals surface area contributed by atoms with Crippen molar-refractivity contribution in [3.63, 3.8) is 0 Å². The Morgan fingerprint density at radius 1 is 1.25 bits per heavy atom. The Hall–Kier alpha value is -2.73. The van der Waals surface area contributed by atoms with E-state index in [0.717, 1.165) is 11.2 Å². The highest BCUT2D eigenvalue weighted by Gasteiger charge is 2.16. The van der Waals surface area contributed by atoms with Crippen LogP contribution in [-0.4, -0.2) is 22.5 Å². The predicted octanol–water partition coefficient (Wildman–Crippen LogP) is 4.43. The molecule has 2 heterocycles. The van der Waals surface area contributed by atoms with E-state index in [4.69, 9.17) is 16.3 Å². The van der Waals surface area contributed by atoms with Crippen molar-refractivity contribution in [3.8, 4) is 0 Å². The summed E-state index contributed by atoms with van der Waals surface area (Å²) in [6.45, 7) is 1.94. The second-order valence-corrected chi connectivity index (χ2v) is 5.58. The zero-order valence-corrected chi connectivity index (χ0v) is 14.0. The molecule has 24 heavy (non-hydrogen) atoms. The molecular weight excluding hydrogens is 328 g/mol. The number of hydrogen-bond acceptors (Lipinski definition) is 5. The molecule has 0 atom stereocenters. The zero-order valence-electron chi connectivity index (χ0n) is 13.2. The van der Waals surface area contributed by atoms with E-state index in [0.29, 0.717) is 22.2 Å². The van der Waals surface area contributed by atoms with Crippen LogP contribution in [0.4, 0.5) is 11.5 Å². The molecule has 0 unspecified atom stereocenters. The number of carbonyl (C=O) groups excluding carboxylic acids is 1. The zero-order chi connectivity index (χ0) is 17.1. The molecule has 0 amide bonds. The van der Waals surface area contributed by atoms with E-state index in [2.05, 4.69) is 15.2 Å². The van der Waals surface area contributed by atoms with Crippen LogP contribution in [0.15, 0.2) is 52.8 Å². The first-order valence-electron chi connectivity index (χ1n) is 7.30. The second kappa shape index (κ2) is 6.80. The summed E-state index contributed by atoms with van der Waals surface area (Å²) >= 11 is 6.10. The number of aromatic nitrogens is 2. The van der Waals surface area contributed by atoms with E-state index >= 15 is 0 Å². The number of aryl methyl sites for hydroxylation is 1. The van der Waals surface area contributed by atoms with Crippen molar-refractivity contribution < 1.29 is 9.53 Å². The minimum Gasteiger partial charge on any atom is -0.469 e. The third kappa shape index (κ3) is 3.14. The number of halogens is 1. The van der Waals surface area contributed by atoms with Gasteiger partial charge in [-0.25, -0.2) is 4.98 Å². The first-order valence-corrected chi connectivity index (χ1v) is 7.67. The van der Waals surface area contributed by atoms with E-state index in [1.807, 2.05) is 37.4 Å². The van der Waals surface area contributed by atoms with Gasteiger partial charge in [-0.3, -0.25) is 9.20 Å². The first-order chi connectivity index (χ1) is 11.6. The van der Waals surface area contributed by atoms with Gasteiger partial charge in [0.2, 0.25) is 0 Å². The third-order valence-corrected chi connectivity index (χ3v) is 3.85. The van der Waals surface area contributed by atoms with Crippen LogP contribution in [0.25, 0.3) is 5.65 Å². The number of ether oxygens (including phenoxy) is 1. The van der Waals surface area contributed by atoms with Gasteiger partial charge in [0.25, 0.3) is 0 Å². The molecule has 7 heteroatoms. The number of nitrogens with zero attached hydrogens (tertiary/aromatic N) is 4. The molecule has 3 aromatic rings. The smallest absolute Gasteiger partial charge is 0.311 e. The van der Waals surface area contributed by atoms with Crippen LogP contribution >= 0.6 is 11.6 Å². The van der Waals surface area contributed by atoms with E-state index in [9.17, 15) is 4.79 Å². The van der Waals surface area contributed by atoms with Crippen LogP contribution in [-0.2, 0) is 16.0 Å². The van der Waals surface area contributed by atoms with E-state index in [1.54, 1.807) is 16.5 Å². The molecule has 0 aliphatic rings. The molecule has 0 N–H and O–H groups in total. The van der Waals surface area contributed by atoms with Crippen LogP contribution in [0.3, 0.4) is 0 Å². The van der Waals surface area contributed by atoms with Crippen LogP contribution in [0.1, 0.15) is 11.3 Å². The summed E-state index contributed by atoms with van der Waals surface area (Å²) in [5.41, 5.74) is 2.75. The molecule has 0 radical (unpaired) electrons. The molecule has 3 rings (SSSR count).